The number of halogens is 1. The van der Waals surface area contributed by atoms with Crippen LogP contribution in [0.15, 0.2) is 18.2 Å². The molecule has 0 aromatic heterocycles. The van der Waals surface area contributed by atoms with E-state index >= 15 is 0 Å². The van der Waals surface area contributed by atoms with E-state index in [9.17, 15) is 4.39 Å². The number of ether oxygens (including phenoxy) is 1. The SMILES string of the molecule is [CH2]C(C)c1ccc(OCC)c(F)c1. The fourth-order valence-electron chi connectivity index (χ4n) is 1.10. The lowest BCUT2D eigenvalue weighted by molar-refractivity contribution is 0.321. The van der Waals surface area contributed by atoms with Gasteiger partial charge in [0.2, 0.25) is 0 Å². The maximum absolute atomic E-state index is 13.2. The van der Waals surface area contributed by atoms with Crippen LogP contribution >= 0.6 is 0 Å². The summed E-state index contributed by atoms with van der Waals surface area (Å²) in [4.78, 5) is 0. The van der Waals surface area contributed by atoms with Crippen molar-refractivity contribution in [2.75, 3.05) is 6.61 Å². The molecule has 0 heterocycles. The van der Waals surface area contributed by atoms with E-state index in [1.54, 1.807) is 6.07 Å². The van der Waals surface area contributed by atoms with Crippen molar-refractivity contribution in [1.29, 1.82) is 0 Å². The van der Waals surface area contributed by atoms with Gasteiger partial charge in [0.1, 0.15) is 0 Å². The third-order valence-corrected chi connectivity index (χ3v) is 1.82. The van der Waals surface area contributed by atoms with Gasteiger partial charge in [0.25, 0.3) is 0 Å². The van der Waals surface area contributed by atoms with Crippen LogP contribution in [-0.4, -0.2) is 6.61 Å². The van der Waals surface area contributed by atoms with Crippen molar-refractivity contribution >= 4 is 0 Å². The van der Waals surface area contributed by atoms with Crippen molar-refractivity contribution in [3.05, 3.63) is 36.5 Å². The van der Waals surface area contributed by atoms with Gasteiger partial charge in [-0.1, -0.05) is 13.0 Å². The number of hydrogen-bond acceptors (Lipinski definition) is 1. The second-order valence-corrected chi connectivity index (χ2v) is 3.02. The molecule has 0 aliphatic heterocycles. The van der Waals surface area contributed by atoms with Crippen LogP contribution in [0.3, 0.4) is 0 Å². The minimum atomic E-state index is -0.310. The summed E-state index contributed by atoms with van der Waals surface area (Å²) >= 11 is 0. The summed E-state index contributed by atoms with van der Waals surface area (Å²) in [6, 6.07) is 4.96. The Kier molecular flexibility index (Phi) is 3.29. The molecule has 0 saturated carbocycles. The van der Waals surface area contributed by atoms with Gasteiger partial charge in [-0.3, -0.25) is 0 Å². The molecule has 0 aliphatic carbocycles. The van der Waals surface area contributed by atoms with E-state index in [0.29, 0.717) is 12.4 Å². The molecule has 0 amide bonds. The average molecular weight is 181 g/mol. The summed E-state index contributed by atoms with van der Waals surface area (Å²) < 4.78 is 18.3. The summed E-state index contributed by atoms with van der Waals surface area (Å²) in [5.41, 5.74) is 0.890. The first kappa shape index (κ1) is 10.0. The van der Waals surface area contributed by atoms with Crippen molar-refractivity contribution < 1.29 is 9.13 Å². The highest BCUT2D eigenvalue weighted by Crippen LogP contribution is 2.22. The Balaban J connectivity index is 2.92. The molecule has 0 N–H and O–H groups in total. The lowest BCUT2D eigenvalue weighted by Crippen LogP contribution is -1.96. The van der Waals surface area contributed by atoms with Gasteiger partial charge in [-0.05, 0) is 37.5 Å². The van der Waals surface area contributed by atoms with Crippen molar-refractivity contribution in [1.82, 2.24) is 0 Å². The first-order valence-electron chi connectivity index (χ1n) is 4.40. The number of benzene rings is 1. The molecule has 1 rings (SSSR count). The van der Waals surface area contributed by atoms with Gasteiger partial charge in [-0.15, -0.1) is 0 Å². The van der Waals surface area contributed by atoms with E-state index < -0.39 is 0 Å². The quantitative estimate of drug-likeness (QED) is 0.696. The molecule has 1 atom stereocenters. The summed E-state index contributed by atoms with van der Waals surface area (Å²) in [6.07, 6.45) is 0. The predicted octanol–water partition coefficient (Wildman–Crippen LogP) is 3.16. The monoisotopic (exact) mass is 181 g/mol. The van der Waals surface area contributed by atoms with Crippen LogP contribution in [0, 0.1) is 12.7 Å². The van der Waals surface area contributed by atoms with Crippen LogP contribution in [-0.2, 0) is 0 Å². The van der Waals surface area contributed by atoms with E-state index in [4.69, 9.17) is 4.74 Å². The van der Waals surface area contributed by atoms with Gasteiger partial charge in [0.15, 0.2) is 11.6 Å². The minimum Gasteiger partial charge on any atom is -0.491 e. The van der Waals surface area contributed by atoms with Gasteiger partial charge in [0.05, 0.1) is 6.61 Å². The van der Waals surface area contributed by atoms with Crippen LogP contribution in [0.4, 0.5) is 4.39 Å². The van der Waals surface area contributed by atoms with Crippen molar-refractivity contribution in [2.45, 2.75) is 19.8 Å². The van der Waals surface area contributed by atoms with Gasteiger partial charge in [0, 0.05) is 0 Å². The molecule has 1 aromatic carbocycles. The molecule has 0 fully saturated rings. The molecule has 0 spiro atoms. The molecule has 0 bridgehead atoms. The highest BCUT2D eigenvalue weighted by atomic mass is 19.1. The lowest BCUT2D eigenvalue weighted by Gasteiger charge is -2.08. The normalized spacial score (nSPS) is 10.5. The molecule has 0 saturated heterocycles. The molecule has 1 nitrogen and oxygen atoms in total. The first-order chi connectivity index (χ1) is 6.15. The topological polar surface area (TPSA) is 9.23 Å². The highest BCUT2D eigenvalue weighted by Gasteiger charge is 2.05. The van der Waals surface area contributed by atoms with Gasteiger partial charge >= 0.3 is 0 Å². The van der Waals surface area contributed by atoms with Gasteiger partial charge in [-0.2, -0.15) is 0 Å². The molecule has 1 aromatic rings. The van der Waals surface area contributed by atoms with E-state index in [-0.39, 0.29) is 11.7 Å². The maximum atomic E-state index is 13.2. The van der Waals surface area contributed by atoms with E-state index in [2.05, 4.69) is 6.92 Å². The van der Waals surface area contributed by atoms with Crippen molar-refractivity contribution in [3.63, 3.8) is 0 Å². The molecule has 0 aliphatic rings. The highest BCUT2D eigenvalue weighted by molar-refractivity contribution is 5.31. The lowest BCUT2D eigenvalue weighted by atomic mass is 10.0. The van der Waals surface area contributed by atoms with Crippen molar-refractivity contribution in [2.24, 2.45) is 0 Å². The fraction of sp³-hybridized carbons (Fsp3) is 0.364. The zero-order chi connectivity index (χ0) is 9.84. The summed E-state index contributed by atoms with van der Waals surface area (Å²) in [5, 5.41) is 0. The number of rotatable bonds is 3. The van der Waals surface area contributed by atoms with Gasteiger partial charge < -0.3 is 4.74 Å². The minimum absolute atomic E-state index is 0.102. The third-order valence-electron chi connectivity index (χ3n) is 1.82. The Morgan fingerprint density at radius 2 is 2.23 bits per heavy atom. The van der Waals surface area contributed by atoms with Crippen LogP contribution in [0.5, 0.6) is 5.75 Å². The van der Waals surface area contributed by atoms with Crippen LogP contribution < -0.4 is 4.74 Å². The van der Waals surface area contributed by atoms with Gasteiger partial charge in [-0.25, -0.2) is 4.39 Å². The first-order valence-corrected chi connectivity index (χ1v) is 4.40. The molecular weight excluding hydrogens is 167 g/mol. The van der Waals surface area contributed by atoms with Crippen molar-refractivity contribution in [3.8, 4) is 5.75 Å². The fourth-order valence-corrected chi connectivity index (χ4v) is 1.10. The zero-order valence-electron chi connectivity index (χ0n) is 8.01. The average Bonchev–Trinajstić information content (AvgIpc) is 2.08. The molecular formula is C11H14FO. The van der Waals surface area contributed by atoms with Crippen LogP contribution in [0.2, 0.25) is 0 Å². The molecule has 1 radical (unpaired) electrons. The second kappa shape index (κ2) is 4.26. The maximum Gasteiger partial charge on any atom is 0.165 e. The summed E-state index contributed by atoms with van der Waals surface area (Å²) in [5.74, 6) is 0.104. The Labute approximate surface area is 78.5 Å². The Bertz CT molecular complexity index is 281. The summed E-state index contributed by atoms with van der Waals surface area (Å²) in [6.45, 7) is 8.06. The zero-order valence-corrected chi connectivity index (χ0v) is 8.01. The Morgan fingerprint density at radius 3 is 2.69 bits per heavy atom. The van der Waals surface area contributed by atoms with E-state index in [1.165, 1.54) is 6.07 Å². The Morgan fingerprint density at radius 1 is 1.54 bits per heavy atom. The van der Waals surface area contributed by atoms with Crippen LogP contribution in [0.1, 0.15) is 25.3 Å². The second-order valence-electron chi connectivity index (χ2n) is 3.02. The standard InChI is InChI=1S/C11H14FO/c1-4-13-11-6-5-9(8(2)3)7-10(11)12/h5-8H,2,4H2,1,3H3. The molecule has 1 unspecified atom stereocenters. The molecule has 71 valence electrons. The molecule has 13 heavy (non-hydrogen) atoms. The van der Waals surface area contributed by atoms with Crippen LogP contribution in [0.25, 0.3) is 0 Å². The van der Waals surface area contributed by atoms with E-state index in [0.717, 1.165) is 5.56 Å². The molecule has 2 heteroatoms. The van der Waals surface area contributed by atoms with E-state index in [1.807, 2.05) is 19.9 Å². The summed E-state index contributed by atoms with van der Waals surface area (Å²) in [7, 11) is 0. The predicted molar refractivity (Wildman–Crippen MR) is 51.3 cm³/mol. The number of hydrogen-bond donors (Lipinski definition) is 0. The largest absolute Gasteiger partial charge is 0.491 e. The Hall–Kier alpha value is -1.05. The third kappa shape index (κ3) is 2.44. The smallest absolute Gasteiger partial charge is 0.165 e.